The van der Waals surface area contributed by atoms with Crippen LogP contribution in [-0.2, 0) is 4.79 Å². The molecular formula is C14H20N4O2. The third-order valence-electron chi connectivity index (χ3n) is 3.67. The van der Waals surface area contributed by atoms with Gasteiger partial charge >= 0.3 is 0 Å². The van der Waals surface area contributed by atoms with Crippen LogP contribution < -0.4 is 21.7 Å². The maximum Gasteiger partial charge on any atom is 0.248 e. The number of hydrogen-bond donors (Lipinski definition) is 3. The van der Waals surface area contributed by atoms with Crippen molar-refractivity contribution < 1.29 is 9.59 Å². The number of nitrogens with zero attached hydrogens (tertiary/aromatic N) is 1. The summed E-state index contributed by atoms with van der Waals surface area (Å²) in [7, 11) is 1.63. The smallest absolute Gasteiger partial charge is 0.248 e. The lowest BCUT2D eigenvalue weighted by molar-refractivity contribution is -0.122. The van der Waals surface area contributed by atoms with Crippen molar-refractivity contribution in [2.75, 3.05) is 24.2 Å². The third kappa shape index (κ3) is 2.68. The van der Waals surface area contributed by atoms with Crippen molar-refractivity contribution in [3.63, 3.8) is 0 Å². The lowest BCUT2D eigenvalue weighted by Crippen LogP contribution is -2.49. The summed E-state index contributed by atoms with van der Waals surface area (Å²) in [4.78, 5) is 25.1. The fourth-order valence-corrected chi connectivity index (χ4v) is 2.63. The Labute approximate surface area is 118 Å². The number of benzene rings is 1. The fraction of sp³-hybridized carbons (Fsp3) is 0.429. The summed E-state index contributed by atoms with van der Waals surface area (Å²) >= 11 is 0. The predicted octanol–water partition coefficient (Wildman–Crippen LogP) is 0.473. The van der Waals surface area contributed by atoms with E-state index in [4.69, 9.17) is 11.5 Å². The molecule has 6 heteroatoms. The molecule has 1 unspecified atom stereocenters. The van der Waals surface area contributed by atoms with E-state index in [1.54, 1.807) is 25.2 Å². The first-order chi connectivity index (χ1) is 9.54. The van der Waals surface area contributed by atoms with Gasteiger partial charge in [-0.05, 0) is 37.5 Å². The van der Waals surface area contributed by atoms with Gasteiger partial charge in [-0.15, -0.1) is 0 Å². The molecule has 1 aliphatic rings. The van der Waals surface area contributed by atoms with Crippen LogP contribution in [0.25, 0.3) is 0 Å². The molecule has 0 saturated carbocycles. The first-order valence-corrected chi connectivity index (χ1v) is 6.72. The molecule has 6 nitrogen and oxygen atoms in total. The minimum absolute atomic E-state index is 0.0110. The molecule has 0 aliphatic carbocycles. The molecule has 1 saturated heterocycles. The second-order valence-corrected chi connectivity index (χ2v) is 4.96. The highest BCUT2D eigenvalue weighted by molar-refractivity contribution is 5.95. The molecule has 2 amide bonds. The number of anilines is 2. The molecule has 1 aliphatic heterocycles. The average molecular weight is 276 g/mol. The van der Waals surface area contributed by atoms with E-state index in [0.717, 1.165) is 31.5 Å². The van der Waals surface area contributed by atoms with Crippen molar-refractivity contribution >= 4 is 23.2 Å². The summed E-state index contributed by atoms with van der Waals surface area (Å²) in [5, 5.41) is 2.69. The number of carbonyl (C=O) groups is 2. The quantitative estimate of drug-likeness (QED) is 0.698. The molecule has 20 heavy (non-hydrogen) atoms. The summed E-state index contributed by atoms with van der Waals surface area (Å²) < 4.78 is 0. The minimum Gasteiger partial charge on any atom is -0.397 e. The van der Waals surface area contributed by atoms with Gasteiger partial charge in [0.15, 0.2) is 0 Å². The van der Waals surface area contributed by atoms with E-state index in [9.17, 15) is 9.59 Å². The van der Waals surface area contributed by atoms with Gasteiger partial charge in [0.2, 0.25) is 11.8 Å². The van der Waals surface area contributed by atoms with Crippen molar-refractivity contribution in [3.8, 4) is 0 Å². The molecule has 0 aromatic heterocycles. The molecule has 0 bridgehead atoms. The van der Waals surface area contributed by atoms with Crippen molar-refractivity contribution in [2.24, 2.45) is 5.73 Å². The van der Waals surface area contributed by atoms with E-state index >= 15 is 0 Å². The van der Waals surface area contributed by atoms with Gasteiger partial charge in [0.1, 0.15) is 6.04 Å². The summed E-state index contributed by atoms with van der Waals surface area (Å²) in [6.45, 7) is 0.776. The number of primary amides is 1. The highest BCUT2D eigenvalue weighted by Crippen LogP contribution is 2.30. The van der Waals surface area contributed by atoms with Crippen molar-refractivity contribution in [3.05, 3.63) is 23.8 Å². The van der Waals surface area contributed by atoms with Crippen molar-refractivity contribution in [2.45, 2.75) is 25.3 Å². The maximum absolute atomic E-state index is 12.0. The molecule has 1 aromatic rings. The standard InChI is InChI=1S/C14H20N4O2/c1-17-14(20)12-4-2-3-7-18(12)11-6-5-9(13(16)19)8-10(11)15/h5-6,8,12H,2-4,7,15H2,1H3,(H2,16,19)(H,17,20). The Bertz CT molecular complexity index is 530. The maximum atomic E-state index is 12.0. The van der Waals surface area contributed by atoms with E-state index in [1.165, 1.54) is 0 Å². The number of carbonyl (C=O) groups excluding carboxylic acids is 2. The van der Waals surface area contributed by atoms with Crippen molar-refractivity contribution in [1.29, 1.82) is 0 Å². The molecule has 2 rings (SSSR count). The number of likely N-dealkylation sites (N-methyl/N-ethyl adjacent to an activating group) is 1. The number of piperidine rings is 1. The van der Waals surface area contributed by atoms with E-state index in [-0.39, 0.29) is 11.9 Å². The molecule has 1 atom stereocenters. The number of nitrogens with two attached hydrogens (primary N) is 2. The molecule has 0 radical (unpaired) electrons. The van der Waals surface area contributed by atoms with Crippen LogP contribution in [-0.4, -0.2) is 31.4 Å². The van der Waals surface area contributed by atoms with Gasteiger partial charge in [-0.3, -0.25) is 9.59 Å². The van der Waals surface area contributed by atoms with Gasteiger partial charge in [0.25, 0.3) is 0 Å². The zero-order valence-electron chi connectivity index (χ0n) is 11.6. The Balaban J connectivity index is 2.32. The van der Waals surface area contributed by atoms with Crippen LogP contribution in [0.5, 0.6) is 0 Å². The second kappa shape index (κ2) is 5.81. The number of hydrogen-bond acceptors (Lipinski definition) is 4. The number of nitrogens with one attached hydrogen (secondary N) is 1. The van der Waals surface area contributed by atoms with Crippen molar-refractivity contribution in [1.82, 2.24) is 5.32 Å². The molecule has 1 fully saturated rings. The topological polar surface area (TPSA) is 101 Å². The summed E-state index contributed by atoms with van der Waals surface area (Å²) in [5.74, 6) is -0.521. The first kappa shape index (κ1) is 14.2. The molecular weight excluding hydrogens is 256 g/mol. The average Bonchev–Trinajstić information content (AvgIpc) is 2.46. The van der Waals surface area contributed by atoms with Crippen LogP contribution in [0.2, 0.25) is 0 Å². The van der Waals surface area contributed by atoms with Crippen LogP contribution in [0.4, 0.5) is 11.4 Å². The van der Waals surface area contributed by atoms with E-state index in [1.807, 2.05) is 4.90 Å². The van der Waals surface area contributed by atoms with Gasteiger partial charge < -0.3 is 21.7 Å². The summed E-state index contributed by atoms with van der Waals surface area (Å²) in [5.41, 5.74) is 12.9. The Hall–Kier alpha value is -2.24. The highest BCUT2D eigenvalue weighted by atomic mass is 16.2. The zero-order chi connectivity index (χ0) is 14.7. The Kier molecular flexibility index (Phi) is 4.12. The van der Waals surface area contributed by atoms with E-state index in [0.29, 0.717) is 11.3 Å². The van der Waals surface area contributed by atoms with Gasteiger partial charge in [-0.25, -0.2) is 0 Å². The fourth-order valence-electron chi connectivity index (χ4n) is 2.63. The monoisotopic (exact) mass is 276 g/mol. The van der Waals surface area contributed by atoms with Crippen LogP contribution in [0.15, 0.2) is 18.2 Å². The zero-order valence-corrected chi connectivity index (χ0v) is 11.6. The van der Waals surface area contributed by atoms with Crippen LogP contribution in [0, 0.1) is 0 Å². The number of nitrogen functional groups attached to an aromatic ring is 1. The molecule has 1 heterocycles. The van der Waals surface area contributed by atoms with Gasteiger partial charge in [-0.1, -0.05) is 0 Å². The van der Waals surface area contributed by atoms with Crippen LogP contribution in [0.1, 0.15) is 29.6 Å². The molecule has 5 N–H and O–H groups in total. The van der Waals surface area contributed by atoms with E-state index < -0.39 is 5.91 Å². The summed E-state index contributed by atoms with van der Waals surface area (Å²) in [6, 6.07) is 4.75. The van der Waals surface area contributed by atoms with Gasteiger partial charge in [0.05, 0.1) is 11.4 Å². The first-order valence-electron chi connectivity index (χ1n) is 6.72. The largest absolute Gasteiger partial charge is 0.397 e. The lowest BCUT2D eigenvalue weighted by Gasteiger charge is -2.37. The molecule has 108 valence electrons. The Morgan fingerprint density at radius 2 is 2.10 bits per heavy atom. The normalized spacial score (nSPS) is 18.6. The Morgan fingerprint density at radius 1 is 1.35 bits per heavy atom. The Morgan fingerprint density at radius 3 is 2.70 bits per heavy atom. The van der Waals surface area contributed by atoms with E-state index in [2.05, 4.69) is 5.32 Å². The van der Waals surface area contributed by atoms with Gasteiger partial charge in [0, 0.05) is 19.2 Å². The molecule has 0 spiro atoms. The lowest BCUT2D eigenvalue weighted by atomic mass is 9.99. The van der Waals surface area contributed by atoms with Gasteiger partial charge in [-0.2, -0.15) is 0 Å². The SMILES string of the molecule is CNC(=O)C1CCCCN1c1ccc(C(N)=O)cc1N. The number of rotatable bonds is 3. The summed E-state index contributed by atoms with van der Waals surface area (Å²) in [6.07, 6.45) is 2.84. The predicted molar refractivity (Wildman–Crippen MR) is 78.4 cm³/mol. The second-order valence-electron chi connectivity index (χ2n) is 4.96. The van der Waals surface area contributed by atoms with Crippen LogP contribution >= 0.6 is 0 Å². The molecule has 1 aromatic carbocycles. The number of amides is 2. The minimum atomic E-state index is -0.509. The van der Waals surface area contributed by atoms with Crippen LogP contribution in [0.3, 0.4) is 0 Å². The third-order valence-corrected chi connectivity index (χ3v) is 3.67. The highest BCUT2D eigenvalue weighted by Gasteiger charge is 2.29.